The zero-order chi connectivity index (χ0) is 38.0. The van der Waals surface area contributed by atoms with Crippen LogP contribution in [0.4, 0.5) is 11.9 Å². The summed E-state index contributed by atoms with van der Waals surface area (Å²) in [5, 5.41) is 42.4. The Hall–Kier alpha value is -4.30. The molecular weight excluding hydrogens is 746 g/mol. The molecule has 0 amide bonds. The van der Waals surface area contributed by atoms with E-state index in [-0.39, 0.29) is 34.2 Å². The first kappa shape index (κ1) is 37.5. The average molecular weight is 781 g/mol. The topological polar surface area (TPSA) is 372 Å². The predicted octanol–water partition coefficient (Wildman–Crippen LogP) is -4.75. The molecule has 6 rings (SSSR count). The normalized spacial score (nSPS) is 28.6. The second-order valence-corrected chi connectivity index (χ2v) is 14.4. The standard InChI is InChI=1S/C24H32N10O16P2/c1-8(49-51(41,42)45-4-9-13(35)15(37)21(47-9)33-6-31(2)11-17(33)27-23(25)29-19(11)39)50-52(43,44)46-5-10-14(36)16(38)22(48-10)34-7-32(3)12-18(34)28-24(26)30-20(12)40/h6-7,9-10,13-16,21-22,35-38H,1,4-5H2,2-3H3,(H6-2,25,26,27,28,29,30,39,40,41,42,43,44)/p+2/t9-,10-,13-,14-,15-,16-,21?,22?/m1/s1. The molecular formula is C24H34N10O16P2+2. The van der Waals surface area contributed by atoms with Crippen molar-refractivity contribution in [3.63, 3.8) is 0 Å². The Morgan fingerprint density at radius 1 is 0.808 bits per heavy atom. The third-order valence-electron chi connectivity index (χ3n) is 8.04. The molecule has 0 bridgehead atoms. The molecule has 2 aliphatic heterocycles. The minimum atomic E-state index is -5.21. The summed E-state index contributed by atoms with van der Waals surface area (Å²) in [6, 6.07) is 0. The first-order valence-electron chi connectivity index (χ1n) is 14.8. The average Bonchev–Trinajstić information content (AvgIpc) is 3.72. The Morgan fingerprint density at radius 3 is 1.54 bits per heavy atom. The number of hydrogen-bond donors (Lipinski definition) is 10. The number of aliphatic hydroxyl groups is 4. The molecule has 2 aliphatic rings. The van der Waals surface area contributed by atoms with Crippen LogP contribution in [0.2, 0.25) is 0 Å². The number of nitrogens with one attached hydrogen (secondary N) is 2. The summed E-state index contributed by atoms with van der Waals surface area (Å²) in [4.78, 5) is 57.7. The van der Waals surface area contributed by atoms with E-state index in [1.54, 1.807) is 0 Å². The number of nitrogens with zero attached hydrogens (tertiary/aromatic N) is 6. The van der Waals surface area contributed by atoms with E-state index >= 15 is 0 Å². The van der Waals surface area contributed by atoms with E-state index in [4.69, 9.17) is 30.0 Å². The molecule has 284 valence electrons. The maximum absolute atomic E-state index is 12.6. The lowest BCUT2D eigenvalue weighted by Gasteiger charge is -2.20. The minimum absolute atomic E-state index is 0.00348. The third-order valence-corrected chi connectivity index (χ3v) is 9.86. The first-order valence-corrected chi connectivity index (χ1v) is 17.8. The van der Waals surface area contributed by atoms with E-state index in [0.29, 0.717) is 0 Å². The number of aryl methyl sites for hydroxylation is 2. The zero-order valence-corrected chi connectivity index (χ0v) is 28.7. The lowest BCUT2D eigenvalue weighted by molar-refractivity contribution is -0.746. The monoisotopic (exact) mass is 780 g/mol. The molecule has 10 atom stereocenters. The molecule has 52 heavy (non-hydrogen) atoms. The van der Waals surface area contributed by atoms with Crippen LogP contribution in [-0.2, 0) is 50.8 Å². The fourth-order valence-electron chi connectivity index (χ4n) is 5.77. The molecule has 2 fully saturated rings. The molecule has 28 heteroatoms. The molecule has 4 aromatic rings. The molecule has 6 heterocycles. The molecule has 4 unspecified atom stereocenters. The highest BCUT2D eigenvalue weighted by molar-refractivity contribution is 7.48. The smallest absolute Gasteiger partial charge is 0.387 e. The van der Waals surface area contributed by atoms with Crippen LogP contribution < -0.4 is 31.7 Å². The molecule has 26 nitrogen and oxygen atoms in total. The summed E-state index contributed by atoms with van der Waals surface area (Å²) >= 11 is 0. The number of nitrogen functional groups attached to an aromatic ring is 2. The van der Waals surface area contributed by atoms with E-state index in [0.717, 1.165) is 0 Å². The number of aromatic amines is 2. The number of anilines is 2. The van der Waals surface area contributed by atoms with Gasteiger partial charge in [0.1, 0.15) is 36.6 Å². The van der Waals surface area contributed by atoms with Crippen LogP contribution in [0.1, 0.15) is 12.5 Å². The Morgan fingerprint density at radius 2 is 1.17 bits per heavy atom. The number of rotatable bonds is 12. The van der Waals surface area contributed by atoms with E-state index in [1.807, 2.05) is 0 Å². The quantitative estimate of drug-likeness (QED) is 0.0366. The van der Waals surface area contributed by atoms with E-state index in [1.165, 1.54) is 45.0 Å². The van der Waals surface area contributed by atoms with Crippen LogP contribution in [-0.4, -0.2) is 109 Å². The number of nitrogens with two attached hydrogens (primary N) is 2. The molecule has 2 saturated heterocycles. The van der Waals surface area contributed by atoms with Crippen molar-refractivity contribution in [2.24, 2.45) is 14.1 Å². The summed E-state index contributed by atoms with van der Waals surface area (Å²) in [5.41, 5.74) is 10.2. The van der Waals surface area contributed by atoms with E-state index in [2.05, 4.69) is 35.6 Å². The molecule has 0 saturated carbocycles. The van der Waals surface area contributed by atoms with Gasteiger partial charge in [-0.2, -0.15) is 0 Å². The Balaban J connectivity index is 1.03. The van der Waals surface area contributed by atoms with Crippen LogP contribution in [0.15, 0.2) is 34.8 Å². The molecule has 0 aromatic carbocycles. The largest absolute Gasteiger partial charge is 0.529 e. The Bertz CT molecular complexity index is 2100. The first-order chi connectivity index (χ1) is 24.3. The summed E-state index contributed by atoms with van der Waals surface area (Å²) in [6.45, 7) is 1.36. The summed E-state index contributed by atoms with van der Waals surface area (Å²) < 4.78 is 60.3. The fraction of sp³-hybridized carbons (Fsp3) is 0.500. The maximum Gasteiger partial charge on any atom is 0.529 e. The molecule has 12 N–H and O–H groups in total. The summed E-state index contributed by atoms with van der Waals surface area (Å²) in [7, 11) is -7.41. The Kier molecular flexibility index (Phi) is 9.79. The van der Waals surface area contributed by atoms with Gasteiger partial charge in [-0.15, -0.1) is 0 Å². The van der Waals surface area contributed by atoms with E-state index < -0.39 is 95.0 Å². The Labute approximate surface area is 288 Å². The van der Waals surface area contributed by atoms with Gasteiger partial charge in [0.25, 0.3) is 29.0 Å². The van der Waals surface area contributed by atoms with Crippen LogP contribution in [0.3, 0.4) is 0 Å². The second-order valence-electron chi connectivity index (χ2n) is 11.7. The number of phosphoric acid groups is 2. The lowest BCUT2D eigenvalue weighted by atomic mass is 10.1. The van der Waals surface area contributed by atoms with Crippen molar-refractivity contribution in [1.82, 2.24) is 29.1 Å². The fourth-order valence-corrected chi connectivity index (χ4v) is 7.19. The highest BCUT2D eigenvalue weighted by Crippen LogP contribution is 2.52. The van der Waals surface area contributed by atoms with Gasteiger partial charge in [-0.05, 0) is 6.58 Å². The number of imidazole rings is 2. The number of aromatic nitrogens is 8. The van der Waals surface area contributed by atoms with Crippen LogP contribution in [0.5, 0.6) is 0 Å². The second kappa shape index (κ2) is 13.6. The summed E-state index contributed by atoms with van der Waals surface area (Å²) in [6.07, 6.45) is -9.63. The van der Waals surface area contributed by atoms with Crippen molar-refractivity contribution in [3.05, 3.63) is 45.9 Å². The van der Waals surface area contributed by atoms with Crippen molar-refractivity contribution in [3.8, 4) is 0 Å². The zero-order valence-electron chi connectivity index (χ0n) is 26.9. The number of fused-ring (bicyclic) bond motifs is 2. The third kappa shape index (κ3) is 7.06. The van der Waals surface area contributed by atoms with Crippen molar-refractivity contribution >= 4 is 49.9 Å². The molecule has 0 aliphatic carbocycles. The molecule has 4 aromatic heterocycles. The maximum atomic E-state index is 12.6. The van der Waals surface area contributed by atoms with Crippen LogP contribution in [0, 0.1) is 0 Å². The number of H-pyrrole nitrogens is 2. The van der Waals surface area contributed by atoms with Gasteiger partial charge in [-0.25, -0.2) is 18.3 Å². The van der Waals surface area contributed by atoms with Crippen LogP contribution in [0.25, 0.3) is 22.3 Å². The number of phosphoric ester groups is 2. The van der Waals surface area contributed by atoms with Gasteiger partial charge in [0, 0.05) is 0 Å². The van der Waals surface area contributed by atoms with Gasteiger partial charge < -0.3 is 50.4 Å². The van der Waals surface area contributed by atoms with Crippen LogP contribution >= 0.6 is 15.6 Å². The van der Waals surface area contributed by atoms with Crippen molar-refractivity contribution in [2.45, 2.75) is 49.1 Å². The molecule has 0 spiro atoms. The van der Waals surface area contributed by atoms with Gasteiger partial charge in [0.15, 0.2) is 12.7 Å². The minimum Gasteiger partial charge on any atom is -0.387 e. The van der Waals surface area contributed by atoms with E-state index in [9.17, 15) is 48.9 Å². The predicted molar refractivity (Wildman–Crippen MR) is 167 cm³/mol. The van der Waals surface area contributed by atoms with Gasteiger partial charge in [0.05, 0.1) is 27.3 Å². The van der Waals surface area contributed by atoms with Gasteiger partial charge in [-0.1, -0.05) is 9.97 Å². The van der Waals surface area contributed by atoms with Gasteiger partial charge in [-0.3, -0.25) is 47.5 Å². The number of ether oxygens (including phenoxy) is 2. The lowest BCUT2D eigenvalue weighted by Crippen LogP contribution is -2.46. The van der Waals surface area contributed by atoms with Crippen molar-refractivity contribution in [1.29, 1.82) is 0 Å². The van der Waals surface area contributed by atoms with Crippen molar-refractivity contribution < 1.29 is 76.0 Å². The highest BCUT2D eigenvalue weighted by atomic mass is 31.2. The van der Waals surface area contributed by atoms with Gasteiger partial charge >= 0.3 is 26.9 Å². The van der Waals surface area contributed by atoms with Crippen molar-refractivity contribution in [2.75, 3.05) is 24.7 Å². The SMILES string of the molecule is C=C(OP(=O)(O)OC[C@H]1OC([n+]2cn(C)c3c(=O)[nH]c(N)nc32)[C@H](O)[C@@H]1O)OP(=O)(O)OC[C@H]1OC([n+]2cn(C)c3c(=O)[nH]c(N)nc32)[C@H](O)[C@@H]1O. The number of aliphatic hydroxyl groups excluding tert-OH is 4. The highest BCUT2D eigenvalue weighted by Gasteiger charge is 2.49. The number of hydrogen-bond acceptors (Lipinski definition) is 18. The summed E-state index contributed by atoms with van der Waals surface area (Å²) in [5.74, 6) is -1.70. The molecule has 0 radical (unpaired) electrons. The van der Waals surface area contributed by atoms with Gasteiger partial charge in [0.2, 0.25) is 23.5 Å².